The average molecular weight is 240 g/mol. The number of hydrogen-bond acceptors (Lipinski definition) is 4. The molecule has 0 N–H and O–H groups in total. The standard InChI is InChI=1S/C12H13FO4/c1-4-17-12(15)10(14)9-8(13)6-5-7(2)11(9)16-3/h5-6H,4H2,1-3H3. The first-order chi connectivity index (χ1) is 8.02. The summed E-state index contributed by atoms with van der Waals surface area (Å²) in [5, 5.41) is 0. The van der Waals surface area contributed by atoms with Crippen LogP contribution >= 0.6 is 0 Å². The molecule has 0 fully saturated rings. The molecule has 0 aromatic heterocycles. The number of Topliss-reactive ketones (excluding diaryl/α,β-unsaturated/α-hetero) is 1. The number of carbonyl (C=O) groups excluding carboxylic acids is 2. The molecule has 1 aromatic carbocycles. The van der Waals surface area contributed by atoms with Crippen LogP contribution in [0.5, 0.6) is 5.75 Å². The zero-order valence-electron chi connectivity index (χ0n) is 9.87. The molecule has 0 aliphatic carbocycles. The van der Waals surface area contributed by atoms with E-state index in [1.54, 1.807) is 13.8 Å². The number of ether oxygens (including phenoxy) is 2. The van der Waals surface area contributed by atoms with Gasteiger partial charge in [0.2, 0.25) is 0 Å². The largest absolute Gasteiger partial charge is 0.496 e. The van der Waals surface area contributed by atoms with Gasteiger partial charge in [0.05, 0.1) is 13.7 Å². The lowest BCUT2D eigenvalue weighted by Gasteiger charge is -2.10. The van der Waals surface area contributed by atoms with E-state index in [4.69, 9.17) is 4.74 Å². The maximum atomic E-state index is 13.6. The van der Waals surface area contributed by atoms with Gasteiger partial charge in [-0.1, -0.05) is 6.07 Å². The molecule has 1 aromatic rings. The average Bonchev–Trinajstić information content (AvgIpc) is 2.31. The molecule has 92 valence electrons. The van der Waals surface area contributed by atoms with Crippen molar-refractivity contribution in [1.82, 2.24) is 0 Å². The van der Waals surface area contributed by atoms with Crippen LogP contribution in [0.25, 0.3) is 0 Å². The van der Waals surface area contributed by atoms with Crippen molar-refractivity contribution < 1.29 is 23.5 Å². The Balaban J connectivity index is 3.25. The van der Waals surface area contributed by atoms with Crippen molar-refractivity contribution in [1.29, 1.82) is 0 Å². The number of benzene rings is 1. The molecule has 0 bridgehead atoms. The molecule has 0 saturated carbocycles. The van der Waals surface area contributed by atoms with Gasteiger partial charge in [-0.2, -0.15) is 0 Å². The molecule has 0 heterocycles. The van der Waals surface area contributed by atoms with Crippen molar-refractivity contribution in [3.63, 3.8) is 0 Å². The molecule has 0 aliphatic rings. The van der Waals surface area contributed by atoms with E-state index < -0.39 is 17.6 Å². The first-order valence-electron chi connectivity index (χ1n) is 5.07. The lowest BCUT2D eigenvalue weighted by Crippen LogP contribution is -2.20. The Morgan fingerprint density at radius 3 is 2.53 bits per heavy atom. The van der Waals surface area contributed by atoms with Crippen LogP contribution in [0.4, 0.5) is 4.39 Å². The fourth-order valence-corrected chi connectivity index (χ4v) is 1.44. The van der Waals surface area contributed by atoms with Crippen molar-refractivity contribution in [2.75, 3.05) is 13.7 Å². The second kappa shape index (κ2) is 5.43. The van der Waals surface area contributed by atoms with Gasteiger partial charge in [0.25, 0.3) is 5.78 Å². The molecule has 1 rings (SSSR count). The number of aryl methyl sites for hydroxylation is 1. The molecular weight excluding hydrogens is 227 g/mol. The molecule has 0 saturated heterocycles. The Morgan fingerprint density at radius 2 is 2.00 bits per heavy atom. The van der Waals surface area contributed by atoms with Crippen LogP contribution in [-0.2, 0) is 9.53 Å². The van der Waals surface area contributed by atoms with Crippen LogP contribution in [0.3, 0.4) is 0 Å². The van der Waals surface area contributed by atoms with Gasteiger partial charge in [0.15, 0.2) is 0 Å². The normalized spacial score (nSPS) is 9.88. The Kier molecular flexibility index (Phi) is 4.20. The SMILES string of the molecule is CCOC(=O)C(=O)c1c(F)ccc(C)c1OC. The van der Waals surface area contributed by atoms with Crippen molar-refractivity contribution in [2.45, 2.75) is 13.8 Å². The van der Waals surface area contributed by atoms with Gasteiger partial charge >= 0.3 is 5.97 Å². The van der Waals surface area contributed by atoms with E-state index >= 15 is 0 Å². The second-order valence-electron chi connectivity index (χ2n) is 3.32. The van der Waals surface area contributed by atoms with Crippen molar-refractivity contribution in [2.24, 2.45) is 0 Å². The lowest BCUT2D eigenvalue weighted by molar-refractivity contribution is -0.137. The maximum absolute atomic E-state index is 13.6. The minimum atomic E-state index is -1.09. The highest BCUT2D eigenvalue weighted by Gasteiger charge is 2.26. The summed E-state index contributed by atoms with van der Waals surface area (Å²) in [6.45, 7) is 3.27. The van der Waals surface area contributed by atoms with E-state index in [2.05, 4.69) is 4.74 Å². The number of esters is 1. The van der Waals surface area contributed by atoms with Gasteiger partial charge in [0.1, 0.15) is 17.1 Å². The van der Waals surface area contributed by atoms with Gasteiger partial charge < -0.3 is 9.47 Å². The van der Waals surface area contributed by atoms with Gasteiger partial charge in [-0.25, -0.2) is 9.18 Å². The van der Waals surface area contributed by atoms with Crippen LogP contribution in [-0.4, -0.2) is 25.5 Å². The van der Waals surface area contributed by atoms with Crippen LogP contribution in [0.1, 0.15) is 22.8 Å². The number of ketones is 1. The molecule has 0 amide bonds. The molecule has 0 unspecified atom stereocenters. The number of methoxy groups -OCH3 is 1. The molecule has 5 heteroatoms. The molecular formula is C12H13FO4. The van der Waals surface area contributed by atoms with E-state index in [1.807, 2.05) is 0 Å². The second-order valence-corrected chi connectivity index (χ2v) is 3.32. The monoisotopic (exact) mass is 240 g/mol. The number of carbonyl (C=O) groups is 2. The summed E-state index contributed by atoms with van der Waals surface area (Å²) in [6, 6.07) is 2.58. The summed E-state index contributed by atoms with van der Waals surface area (Å²) in [7, 11) is 1.31. The minimum absolute atomic E-state index is 0.0559. The third kappa shape index (κ3) is 2.61. The minimum Gasteiger partial charge on any atom is -0.496 e. The van der Waals surface area contributed by atoms with E-state index in [0.29, 0.717) is 5.56 Å². The van der Waals surface area contributed by atoms with E-state index in [-0.39, 0.29) is 17.9 Å². The first-order valence-corrected chi connectivity index (χ1v) is 5.07. The fourth-order valence-electron chi connectivity index (χ4n) is 1.44. The molecule has 0 aliphatic heterocycles. The summed E-state index contributed by atoms with van der Waals surface area (Å²) in [5.74, 6) is -2.87. The van der Waals surface area contributed by atoms with Crippen molar-refractivity contribution in [3.8, 4) is 5.75 Å². The van der Waals surface area contributed by atoms with Crippen molar-refractivity contribution >= 4 is 11.8 Å². The lowest BCUT2D eigenvalue weighted by atomic mass is 10.1. The predicted molar refractivity (Wildman–Crippen MR) is 58.7 cm³/mol. The van der Waals surface area contributed by atoms with Crippen molar-refractivity contribution in [3.05, 3.63) is 29.1 Å². The third-order valence-corrected chi connectivity index (χ3v) is 2.20. The third-order valence-electron chi connectivity index (χ3n) is 2.20. The highest BCUT2D eigenvalue weighted by atomic mass is 19.1. The number of halogens is 1. The number of hydrogen-bond donors (Lipinski definition) is 0. The zero-order valence-corrected chi connectivity index (χ0v) is 9.87. The molecule has 0 radical (unpaired) electrons. The van der Waals surface area contributed by atoms with Crippen LogP contribution in [0.15, 0.2) is 12.1 Å². The Labute approximate surface area is 98.3 Å². The summed E-state index contributed by atoms with van der Waals surface area (Å²) < 4.78 is 23.0. The van der Waals surface area contributed by atoms with E-state index in [1.165, 1.54) is 13.2 Å². The van der Waals surface area contributed by atoms with E-state index in [0.717, 1.165) is 6.07 Å². The summed E-state index contributed by atoms with van der Waals surface area (Å²) in [6.07, 6.45) is 0. The molecule has 17 heavy (non-hydrogen) atoms. The quantitative estimate of drug-likeness (QED) is 0.458. The molecule has 0 spiro atoms. The first kappa shape index (κ1) is 13.2. The van der Waals surface area contributed by atoms with Gasteiger partial charge in [-0.3, -0.25) is 4.79 Å². The van der Waals surface area contributed by atoms with Crippen LogP contribution in [0, 0.1) is 12.7 Å². The summed E-state index contributed by atoms with van der Waals surface area (Å²) >= 11 is 0. The topological polar surface area (TPSA) is 52.6 Å². The fraction of sp³-hybridized carbons (Fsp3) is 0.333. The highest BCUT2D eigenvalue weighted by molar-refractivity contribution is 6.41. The summed E-state index contributed by atoms with van der Waals surface area (Å²) in [4.78, 5) is 23.0. The Bertz CT molecular complexity index is 454. The number of rotatable bonds is 4. The van der Waals surface area contributed by atoms with Crippen LogP contribution < -0.4 is 4.74 Å². The molecule has 0 atom stereocenters. The Hall–Kier alpha value is -1.91. The maximum Gasteiger partial charge on any atom is 0.379 e. The van der Waals surface area contributed by atoms with Gasteiger partial charge in [-0.15, -0.1) is 0 Å². The van der Waals surface area contributed by atoms with Crippen LogP contribution in [0.2, 0.25) is 0 Å². The highest BCUT2D eigenvalue weighted by Crippen LogP contribution is 2.26. The predicted octanol–water partition coefficient (Wildman–Crippen LogP) is 1.89. The van der Waals surface area contributed by atoms with Gasteiger partial charge in [-0.05, 0) is 25.5 Å². The molecule has 4 nitrogen and oxygen atoms in total. The van der Waals surface area contributed by atoms with E-state index in [9.17, 15) is 14.0 Å². The van der Waals surface area contributed by atoms with Gasteiger partial charge in [0, 0.05) is 0 Å². The zero-order chi connectivity index (χ0) is 13.0. The summed E-state index contributed by atoms with van der Waals surface area (Å²) in [5.41, 5.74) is 0.187. The Morgan fingerprint density at radius 1 is 1.35 bits per heavy atom. The smallest absolute Gasteiger partial charge is 0.379 e.